The number of ether oxygens (including phenoxy) is 1. The number of anilines is 2. The SMILES string of the molecule is COCc1ccccc1Nc1ccc(C(N)=S)c(F)c1F. The van der Waals surface area contributed by atoms with Crippen molar-refractivity contribution in [2.45, 2.75) is 6.61 Å². The molecule has 0 spiro atoms. The third-order valence-corrected chi connectivity index (χ3v) is 3.15. The molecule has 0 aromatic heterocycles. The molecule has 21 heavy (non-hydrogen) atoms. The van der Waals surface area contributed by atoms with Gasteiger partial charge in [0.15, 0.2) is 11.6 Å². The van der Waals surface area contributed by atoms with Gasteiger partial charge < -0.3 is 15.8 Å². The van der Waals surface area contributed by atoms with Gasteiger partial charge in [-0.2, -0.15) is 0 Å². The van der Waals surface area contributed by atoms with E-state index in [-0.39, 0.29) is 16.2 Å². The Hall–Kier alpha value is -2.05. The van der Waals surface area contributed by atoms with Crippen molar-refractivity contribution in [3.8, 4) is 0 Å². The van der Waals surface area contributed by atoms with E-state index in [1.54, 1.807) is 19.2 Å². The van der Waals surface area contributed by atoms with E-state index in [2.05, 4.69) is 17.5 Å². The van der Waals surface area contributed by atoms with E-state index in [9.17, 15) is 8.78 Å². The molecule has 0 unspecified atom stereocenters. The van der Waals surface area contributed by atoms with Crippen molar-refractivity contribution in [2.75, 3.05) is 12.4 Å². The van der Waals surface area contributed by atoms with E-state index >= 15 is 0 Å². The summed E-state index contributed by atoms with van der Waals surface area (Å²) in [6, 6.07) is 9.97. The van der Waals surface area contributed by atoms with Gasteiger partial charge in [0.1, 0.15) is 4.99 Å². The summed E-state index contributed by atoms with van der Waals surface area (Å²) < 4.78 is 33.0. The first-order valence-electron chi connectivity index (χ1n) is 6.16. The number of para-hydroxylation sites is 1. The van der Waals surface area contributed by atoms with Gasteiger partial charge in [0.25, 0.3) is 0 Å². The zero-order valence-electron chi connectivity index (χ0n) is 11.3. The molecule has 2 aromatic rings. The van der Waals surface area contributed by atoms with E-state index in [1.807, 2.05) is 12.1 Å². The molecule has 0 bridgehead atoms. The lowest BCUT2D eigenvalue weighted by Gasteiger charge is -2.13. The predicted octanol–water partition coefficient (Wildman–Crippen LogP) is 3.49. The van der Waals surface area contributed by atoms with Crippen LogP contribution in [0.25, 0.3) is 0 Å². The molecule has 0 fully saturated rings. The molecule has 6 heteroatoms. The molecule has 0 aliphatic heterocycles. The summed E-state index contributed by atoms with van der Waals surface area (Å²) in [6.45, 7) is 0.359. The fourth-order valence-electron chi connectivity index (χ4n) is 1.91. The minimum atomic E-state index is -1.06. The Balaban J connectivity index is 2.37. The Labute approximate surface area is 126 Å². The van der Waals surface area contributed by atoms with Crippen LogP contribution in [0.1, 0.15) is 11.1 Å². The van der Waals surface area contributed by atoms with Crippen LogP contribution in [0.3, 0.4) is 0 Å². The third-order valence-electron chi connectivity index (χ3n) is 2.93. The van der Waals surface area contributed by atoms with Gasteiger partial charge >= 0.3 is 0 Å². The lowest BCUT2D eigenvalue weighted by Crippen LogP contribution is -2.13. The van der Waals surface area contributed by atoms with Crippen molar-refractivity contribution >= 4 is 28.6 Å². The minimum absolute atomic E-state index is 0.0102. The van der Waals surface area contributed by atoms with Crippen molar-refractivity contribution in [1.82, 2.24) is 0 Å². The van der Waals surface area contributed by atoms with E-state index < -0.39 is 11.6 Å². The fraction of sp³-hybridized carbons (Fsp3) is 0.133. The predicted molar refractivity (Wildman–Crippen MR) is 82.7 cm³/mol. The molecule has 0 heterocycles. The third kappa shape index (κ3) is 3.34. The summed E-state index contributed by atoms with van der Waals surface area (Å²) >= 11 is 4.67. The molecule has 0 aliphatic rings. The smallest absolute Gasteiger partial charge is 0.182 e. The number of methoxy groups -OCH3 is 1. The number of hydrogen-bond donors (Lipinski definition) is 2. The van der Waals surface area contributed by atoms with Crippen molar-refractivity contribution in [1.29, 1.82) is 0 Å². The van der Waals surface area contributed by atoms with Crippen LogP contribution >= 0.6 is 12.2 Å². The second-order valence-corrected chi connectivity index (χ2v) is 4.81. The van der Waals surface area contributed by atoms with Gasteiger partial charge in [-0.1, -0.05) is 30.4 Å². The van der Waals surface area contributed by atoms with Crippen LogP contribution in [0.15, 0.2) is 36.4 Å². The number of halogens is 2. The molecule has 0 amide bonds. The van der Waals surface area contributed by atoms with Gasteiger partial charge in [-0.3, -0.25) is 0 Å². The van der Waals surface area contributed by atoms with Crippen LogP contribution in [0, 0.1) is 11.6 Å². The Morgan fingerprint density at radius 2 is 1.86 bits per heavy atom. The van der Waals surface area contributed by atoms with Gasteiger partial charge in [0.2, 0.25) is 0 Å². The largest absolute Gasteiger partial charge is 0.389 e. The molecule has 0 atom stereocenters. The first-order valence-corrected chi connectivity index (χ1v) is 6.57. The monoisotopic (exact) mass is 308 g/mol. The average molecular weight is 308 g/mol. The quantitative estimate of drug-likeness (QED) is 0.830. The van der Waals surface area contributed by atoms with Crippen LogP contribution in [0.2, 0.25) is 0 Å². The lowest BCUT2D eigenvalue weighted by molar-refractivity contribution is 0.185. The van der Waals surface area contributed by atoms with Gasteiger partial charge in [-0.05, 0) is 18.2 Å². The van der Waals surface area contributed by atoms with Gasteiger partial charge in [0, 0.05) is 23.9 Å². The topological polar surface area (TPSA) is 47.3 Å². The maximum absolute atomic E-state index is 14.0. The Kier molecular flexibility index (Phi) is 4.82. The first-order chi connectivity index (χ1) is 10.0. The Bertz CT molecular complexity index is 677. The maximum atomic E-state index is 14.0. The number of hydrogen-bond acceptors (Lipinski definition) is 3. The fourth-order valence-corrected chi connectivity index (χ4v) is 2.06. The molecule has 3 nitrogen and oxygen atoms in total. The molecule has 0 aliphatic carbocycles. The summed E-state index contributed by atoms with van der Waals surface area (Å²) in [5.74, 6) is -2.08. The van der Waals surface area contributed by atoms with Crippen molar-refractivity contribution in [3.63, 3.8) is 0 Å². The lowest BCUT2D eigenvalue weighted by atomic mass is 10.1. The average Bonchev–Trinajstić information content (AvgIpc) is 2.46. The minimum Gasteiger partial charge on any atom is -0.389 e. The molecule has 3 N–H and O–H groups in total. The van der Waals surface area contributed by atoms with E-state index in [0.29, 0.717) is 12.3 Å². The zero-order valence-corrected chi connectivity index (χ0v) is 12.1. The highest BCUT2D eigenvalue weighted by atomic mass is 32.1. The highest BCUT2D eigenvalue weighted by Gasteiger charge is 2.15. The molecule has 0 saturated heterocycles. The number of rotatable bonds is 5. The summed E-state index contributed by atoms with van der Waals surface area (Å²) in [5, 5.41) is 2.85. The highest BCUT2D eigenvalue weighted by Crippen LogP contribution is 2.26. The van der Waals surface area contributed by atoms with Crippen LogP contribution in [0.5, 0.6) is 0 Å². The van der Waals surface area contributed by atoms with Crippen molar-refractivity contribution in [2.24, 2.45) is 5.73 Å². The molecule has 0 radical (unpaired) electrons. The molecular formula is C15H14F2N2OS. The normalized spacial score (nSPS) is 10.4. The molecule has 0 saturated carbocycles. The van der Waals surface area contributed by atoms with E-state index in [0.717, 1.165) is 5.56 Å². The molecule has 110 valence electrons. The highest BCUT2D eigenvalue weighted by molar-refractivity contribution is 7.80. The summed E-state index contributed by atoms with van der Waals surface area (Å²) in [4.78, 5) is -0.183. The van der Waals surface area contributed by atoms with Crippen LogP contribution < -0.4 is 11.1 Å². The number of thiocarbonyl (C=S) groups is 1. The van der Waals surface area contributed by atoms with E-state index in [1.165, 1.54) is 12.1 Å². The zero-order chi connectivity index (χ0) is 15.4. The van der Waals surface area contributed by atoms with Crippen molar-refractivity contribution < 1.29 is 13.5 Å². The van der Waals surface area contributed by atoms with Crippen LogP contribution in [-0.4, -0.2) is 12.1 Å². The number of benzene rings is 2. The number of nitrogens with one attached hydrogen (secondary N) is 1. The van der Waals surface area contributed by atoms with E-state index in [4.69, 9.17) is 10.5 Å². The van der Waals surface area contributed by atoms with Crippen LogP contribution in [0.4, 0.5) is 20.2 Å². The number of nitrogens with two attached hydrogens (primary N) is 1. The molecular weight excluding hydrogens is 294 g/mol. The molecule has 2 aromatic carbocycles. The maximum Gasteiger partial charge on any atom is 0.182 e. The standard InChI is InChI=1S/C15H14F2N2OS/c1-20-8-9-4-2-3-5-11(9)19-12-7-6-10(15(18)21)13(16)14(12)17/h2-7,19H,8H2,1H3,(H2,18,21). The Morgan fingerprint density at radius 1 is 1.14 bits per heavy atom. The van der Waals surface area contributed by atoms with Crippen LogP contribution in [-0.2, 0) is 11.3 Å². The summed E-state index contributed by atoms with van der Waals surface area (Å²) in [5.41, 5.74) is 6.71. The van der Waals surface area contributed by atoms with Gasteiger partial charge in [-0.25, -0.2) is 8.78 Å². The first kappa shape index (κ1) is 15.3. The Morgan fingerprint density at radius 3 is 2.52 bits per heavy atom. The molecule has 2 rings (SSSR count). The summed E-state index contributed by atoms with van der Waals surface area (Å²) in [6.07, 6.45) is 0. The summed E-state index contributed by atoms with van der Waals surface area (Å²) in [7, 11) is 1.56. The second-order valence-electron chi connectivity index (χ2n) is 4.37. The van der Waals surface area contributed by atoms with Gasteiger partial charge in [0.05, 0.1) is 12.3 Å². The second kappa shape index (κ2) is 6.60. The van der Waals surface area contributed by atoms with Gasteiger partial charge in [-0.15, -0.1) is 0 Å². The van der Waals surface area contributed by atoms with Crippen molar-refractivity contribution in [3.05, 3.63) is 59.2 Å².